The number of aromatic carboxylic acids is 1. The Kier molecular flexibility index (Phi) is 4.96. The summed E-state index contributed by atoms with van der Waals surface area (Å²) in [7, 11) is 0. The monoisotopic (exact) mass is 349 g/mol. The predicted octanol–water partition coefficient (Wildman–Crippen LogP) is 5.25. The fourth-order valence-corrected chi connectivity index (χ4v) is 4.77. The molecule has 3 heteroatoms. The van der Waals surface area contributed by atoms with E-state index in [4.69, 9.17) is 0 Å². The normalized spacial score (nSPS) is 21.1. The van der Waals surface area contributed by atoms with Gasteiger partial charge in [0.25, 0.3) is 0 Å². The molecule has 2 aliphatic rings. The number of hydrogen-bond donors (Lipinski definition) is 1. The summed E-state index contributed by atoms with van der Waals surface area (Å²) in [5, 5.41) is 9.72. The first kappa shape index (κ1) is 17.1. The molecule has 0 bridgehead atoms. The number of anilines is 1. The largest absolute Gasteiger partial charge is 0.478 e. The Balaban J connectivity index is 1.75. The standard InChI is InChI=1S/C23H27NO2/c25-23(26)20-13-8-14-22-21(20)15-18(17-9-4-3-5-10-17)16-24(22)19-11-6-1-2-7-12-19/h3-5,8-10,13-14,18-19H,1-2,6-7,11-12,15-16H2,(H,25,26). The van der Waals surface area contributed by atoms with Crippen molar-refractivity contribution in [3.05, 3.63) is 65.2 Å². The van der Waals surface area contributed by atoms with Gasteiger partial charge in [-0.05, 0) is 42.5 Å². The second-order valence-corrected chi connectivity index (χ2v) is 7.72. The van der Waals surface area contributed by atoms with E-state index in [0.29, 0.717) is 17.5 Å². The van der Waals surface area contributed by atoms with Gasteiger partial charge in [0.1, 0.15) is 0 Å². The van der Waals surface area contributed by atoms with Gasteiger partial charge < -0.3 is 10.0 Å². The maximum atomic E-state index is 11.8. The zero-order valence-corrected chi connectivity index (χ0v) is 15.2. The molecule has 0 radical (unpaired) electrons. The molecule has 4 rings (SSSR count). The number of benzene rings is 2. The van der Waals surface area contributed by atoms with Gasteiger partial charge in [-0.1, -0.05) is 62.1 Å². The molecule has 1 aliphatic heterocycles. The predicted molar refractivity (Wildman–Crippen MR) is 105 cm³/mol. The number of hydrogen-bond acceptors (Lipinski definition) is 2. The molecular weight excluding hydrogens is 322 g/mol. The highest BCUT2D eigenvalue weighted by atomic mass is 16.4. The van der Waals surface area contributed by atoms with Crippen LogP contribution in [0, 0.1) is 0 Å². The Morgan fingerprint density at radius 2 is 1.65 bits per heavy atom. The van der Waals surface area contributed by atoms with Crippen molar-refractivity contribution in [2.24, 2.45) is 0 Å². The minimum atomic E-state index is -0.809. The molecule has 0 amide bonds. The molecule has 3 nitrogen and oxygen atoms in total. The average molecular weight is 349 g/mol. The zero-order valence-electron chi connectivity index (χ0n) is 15.2. The van der Waals surface area contributed by atoms with Gasteiger partial charge in [-0.15, -0.1) is 0 Å². The van der Waals surface area contributed by atoms with Crippen molar-refractivity contribution < 1.29 is 9.90 Å². The molecule has 26 heavy (non-hydrogen) atoms. The first-order valence-corrected chi connectivity index (χ1v) is 9.91. The molecule has 1 aliphatic carbocycles. The average Bonchev–Trinajstić information content (AvgIpc) is 2.96. The smallest absolute Gasteiger partial charge is 0.336 e. The second kappa shape index (κ2) is 7.53. The van der Waals surface area contributed by atoms with Crippen LogP contribution in [0.2, 0.25) is 0 Å². The van der Waals surface area contributed by atoms with Crippen LogP contribution in [0.1, 0.15) is 65.9 Å². The topological polar surface area (TPSA) is 40.5 Å². The molecule has 1 N–H and O–H groups in total. The quantitative estimate of drug-likeness (QED) is 0.769. The molecule has 1 heterocycles. The molecule has 0 saturated heterocycles. The summed E-state index contributed by atoms with van der Waals surface area (Å²) in [5.41, 5.74) is 3.96. The van der Waals surface area contributed by atoms with Crippen molar-refractivity contribution >= 4 is 11.7 Å². The third kappa shape index (κ3) is 3.35. The molecule has 0 aromatic heterocycles. The number of fused-ring (bicyclic) bond motifs is 1. The third-order valence-electron chi connectivity index (χ3n) is 6.10. The highest BCUT2D eigenvalue weighted by Crippen LogP contribution is 2.39. The van der Waals surface area contributed by atoms with E-state index < -0.39 is 5.97 Å². The Morgan fingerprint density at radius 1 is 0.923 bits per heavy atom. The highest BCUT2D eigenvalue weighted by molar-refractivity contribution is 5.91. The summed E-state index contributed by atoms with van der Waals surface area (Å²) in [6.07, 6.45) is 8.47. The Bertz CT molecular complexity index is 763. The van der Waals surface area contributed by atoms with E-state index in [2.05, 4.69) is 35.2 Å². The first-order valence-electron chi connectivity index (χ1n) is 9.91. The van der Waals surface area contributed by atoms with Crippen LogP contribution < -0.4 is 4.90 Å². The van der Waals surface area contributed by atoms with Gasteiger partial charge in [-0.2, -0.15) is 0 Å². The van der Waals surface area contributed by atoms with Crippen LogP contribution in [0.5, 0.6) is 0 Å². The maximum Gasteiger partial charge on any atom is 0.336 e. The van der Waals surface area contributed by atoms with E-state index in [-0.39, 0.29) is 0 Å². The Morgan fingerprint density at radius 3 is 2.35 bits per heavy atom. The van der Waals surface area contributed by atoms with E-state index in [1.807, 2.05) is 12.1 Å². The van der Waals surface area contributed by atoms with E-state index in [1.54, 1.807) is 6.07 Å². The molecule has 1 atom stereocenters. The maximum absolute atomic E-state index is 11.8. The van der Waals surface area contributed by atoms with Crippen LogP contribution in [0.3, 0.4) is 0 Å². The lowest BCUT2D eigenvalue weighted by Crippen LogP contribution is -2.42. The van der Waals surface area contributed by atoms with Crippen LogP contribution >= 0.6 is 0 Å². The van der Waals surface area contributed by atoms with E-state index in [0.717, 1.165) is 24.2 Å². The van der Waals surface area contributed by atoms with Crippen molar-refractivity contribution in [3.8, 4) is 0 Å². The van der Waals surface area contributed by atoms with Gasteiger partial charge in [0.05, 0.1) is 5.56 Å². The van der Waals surface area contributed by atoms with Crippen LogP contribution in [0.25, 0.3) is 0 Å². The summed E-state index contributed by atoms with van der Waals surface area (Å²) < 4.78 is 0. The van der Waals surface area contributed by atoms with Crippen LogP contribution in [-0.4, -0.2) is 23.7 Å². The number of carboxylic acid groups (broad SMARTS) is 1. The van der Waals surface area contributed by atoms with Gasteiger partial charge in [0.15, 0.2) is 0 Å². The molecular formula is C23H27NO2. The Labute approximate surface area is 155 Å². The van der Waals surface area contributed by atoms with Crippen molar-refractivity contribution in [2.45, 2.75) is 56.9 Å². The number of carboxylic acids is 1. The lowest BCUT2D eigenvalue weighted by atomic mass is 9.83. The molecule has 1 unspecified atom stereocenters. The number of carbonyl (C=O) groups is 1. The van der Waals surface area contributed by atoms with Crippen LogP contribution in [-0.2, 0) is 6.42 Å². The Hall–Kier alpha value is -2.29. The van der Waals surface area contributed by atoms with Crippen LogP contribution in [0.15, 0.2) is 48.5 Å². The van der Waals surface area contributed by atoms with Crippen molar-refractivity contribution in [2.75, 3.05) is 11.4 Å². The molecule has 0 spiro atoms. The number of nitrogens with zero attached hydrogens (tertiary/aromatic N) is 1. The molecule has 1 fully saturated rings. The minimum absolute atomic E-state index is 0.354. The summed E-state index contributed by atoms with van der Waals surface area (Å²) in [6.45, 7) is 0.991. The SMILES string of the molecule is O=C(O)c1cccc2c1CC(c1ccccc1)CN2C1CCCCCC1. The lowest BCUT2D eigenvalue weighted by molar-refractivity contribution is 0.0695. The fraction of sp³-hybridized carbons (Fsp3) is 0.435. The van der Waals surface area contributed by atoms with Crippen molar-refractivity contribution in [1.29, 1.82) is 0 Å². The summed E-state index contributed by atoms with van der Waals surface area (Å²) in [5.74, 6) is -0.455. The molecule has 136 valence electrons. The summed E-state index contributed by atoms with van der Waals surface area (Å²) in [6, 6.07) is 16.9. The van der Waals surface area contributed by atoms with Crippen LogP contribution in [0.4, 0.5) is 5.69 Å². The summed E-state index contributed by atoms with van der Waals surface area (Å²) >= 11 is 0. The van der Waals surface area contributed by atoms with Gasteiger partial charge in [-0.3, -0.25) is 0 Å². The van der Waals surface area contributed by atoms with Crippen molar-refractivity contribution in [1.82, 2.24) is 0 Å². The second-order valence-electron chi connectivity index (χ2n) is 7.72. The van der Waals surface area contributed by atoms with E-state index in [1.165, 1.54) is 44.1 Å². The van der Waals surface area contributed by atoms with Gasteiger partial charge in [-0.25, -0.2) is 4.79 Å². The zero-order chi connectivity index (χ0) is 17.9. The van der Waals surface area contributed by atoms with E-state index >= 15 is 0 Å². The summed E-state index contributed by atoms with van der Waals surface area (Å²) in [4.78, 5) is 14.4. The van der Waals surface area contributed by atoms with Gasteiger partial charge >= 0.3 is 5.97 Å². The minimum Gasteiger partial charge on any atom is -0.478 e. The fourth-order valence-electron chi connectivity index (χ4n) is 4.77. The molecule has 1 saturated carbocycles. The lowest BCUT2D eigenvalue weighted by Gasteiger charge is -2.42. The van der Waals surface area contributed by atoms with Gasteiger partial charge in [0.2, 0.25) is 0 Å². The van der Waals surface area contributed by atoms with Crippen molar-refractivity contribution in [3.63, 3.8) is 0 Å². The number of rotatable bonds is 3. The third-order valence-corrected chi connectivity index (χ3v) is 6.10. The molecule has 2 aromatic rings. The van der Waals surface area contributed by atoms with Gasteiger partial charge in [0, 0.05) is 24.2 Å². The molecule has 2 aromatic carbocycles. The highest BCUT2D eigenvalue weighted by Gasteiger charge is 2.32. The van der Waals surface area contributed by atoms with E-state index in [9.17, 15) is 9.90 Å². The first-order chi connectivity index (χ1) is 12.7.